The zero-order valence-corrected chi connectivity index (χ0v) is 14.8. The van der Waals surface area contributed by atoms with Crippen LogP contribution in [0.4, 0.5) is 10.2 Å². The van der Waals surface area contributed by atoms with Gasteiger partial charge in [-0.1, -0.05) is 11.6 Å². The van der Waals surface area contributed by atoms with Crippen molar-refractivity contribution in [1.82, 2.24) is 19.9 Å². The number of piperazine rings is 1. The van der Waals surface area contributed by atoms with Crippen LogP contribution in [-0.4, -0.2) is 39.8 Å². The largest absolute Gasteiger partial charge is 0.353 e. The van der Waals surface area contributed by atoms with Gasteiger partial charge in [0.25, 0.3) is 0 Å². The van der Waals surface area contributed by atoms with Gasteiger partial charge < -0.3 is 10.2 Å². The lowest BCUT2D eigenvalue weighted by Gasteiger charge is -2.37. The highest BCUT2D eigenvalue weighted by atomic mass is 35.5. The van der Waals surface area contributed by atoms with Crippen molar-refractivity contribution in [1.29, 1.82) is 0 Å². The van der Waals surface area contributed by atoms with E-state index in [1.54, 1.807) is 35.1 Å². The number of fused-ring (bicyclic) bond motifs is 1. The van der Waals surface area contributed by atoms with E-state index in [0.717, 1.165) is 24.4 Å². The summed E-state index contributed by atoms with van der Waals surface area (Å²) in [5.74, 6) is 0.410. The lowest BCUT2D eigenvalue weighted by molar-refractivity contribution is 0.405. The zero-order valence-electron chi connectivity index (χ0n) is 14.1. The molecule has 0 amide bonds. The third-order valence-electron chi connectivity index (χ3n) is 4.45. The van der Waals surface area contributed by atoms with Crippen LogP contribution in [0.5, 0.6) is 0 Å². The number of aromatic nitrogens is 3. The second-order valence-electron chi connectivity index (χ2n) is 6.61. The highest BCUT2D eigenvalue weighted by Crippen LogP contribution is 2.29. The van der Waals surface area contributed by atoms with Crippen molar-refractivity contribution in [2.75, 3.05) is 18.0 Å². The molecule has 4 heterocycles. The molecule has 1 aliphatic rings. The Bertz CT molecular complexity index is 915. The minimum Gasteiger partial charge on any atom is -0.353 e. The van der Waals surface area contributed by atoms with E-state index < -0.39 is 0 Å². The molecule has 1 aliphatic heterocycles. The fourth-order valence-corrected chi connectivity index (χ4v) is 3.61. The van der Waals surface area contributed by atoms with E-state index in [2.05, 4.69) is 34.1 Å². The van der Waals surface area contributed by atoms with Gasteiger partial charge in [-0.3, -0.25) is 0 Å². The van der Waals surface area contributed by atoms with Crippen LogP contribution < -0.4 is 10.2 Å². The predicted octanol–water partition coefficient (Wildman–Crippen LogP) is 3.38. The standard InChI is InChI=1S/C18H19ClFN5/c1-11-9-24(10-12(2)22-11)17-4-3-15(20)18(23-17)14-8-21-25-6-5-13(19)7-16(14)25/h3-8,11-12,22H,9-10H2,1-2H3/t11-,12?/m0/s1. The van der Waals surface area contributed by atoms with Gasteiger partial charge in [-0.25, -0.2) is 13.9 Å². The first-order chi connectivity index (χ1) is 12.0. The Morgan fingerprint density at radius 1 is 1.20 bits per heavy atom. The Kier molecular flexibility index (Phi) is 4.09. The molecule has 2 atom stereocenters. The van der Waals surface area contributed by atoms with E-state index >= 15 is 0 Å². The molecule has 0 saturated carbocycles. The summed E-state index contributed by atoms with van der Waals surface area (Å²) in [5, 5.41) is 8.34. The van der Waals surface area contributed by atoms with Crippen LogP contribution in [0.3, 0.4) is 0 Å². The molecule has 0 radical (unpaired) electrons. The molecule has 7 heteroatoms. The molecular weight excluding hydrogens is 341 g/mol. The second kappa shape index (κ2) is 6.28. The van der Waals surface area contributed by atoms with E-state index in [1.807, 2.05) is 0 Å². The van der Waals surface area contributed by atoms with E-state index in [1.165, 1.54) is 6.07 Å². The molecule has 130 valence electrons. The Labute approximate surface area is 150 Å². The summed E-state index contributed by atoms with van der Waals surface area (Å²) in [6.07, 6.45) is 3.38. The molecule has 3 aromatic rings. The van der Waals surface area contributed by atoms with Crippen LogP contribution >= 0.6 is 11.6 Å². The molecule has 25 heavy (non-hydrogen) atoms. The number of nitrogens with one attached hydrogen (secondary N) is 1. The molecule has 0 bridgehead atoms. The Morgan fingerprint density at radius 2 is 1.96 bits per heavy atom. The lowest BCUT2D eigenvalue weighted by atomic mass is 10.1. The molecule has 0 spiro atoms. The molecular formula is C18H19ClFN5. The summed E-state index contributed by atoms with van der Waals surface area (Å²) < 4.78 is 16.2. The third kappa shape index (κ3) is 3.07. The Morgan fingerprint density at radius 3 is 2.72 bits per heavy atom. The summed E-state index contributed by atoms with van der Waals surface area (Å²) in [7, 11) is 0. The van der Waals surface area contributed by atoms with Crippen LogP contribution in [0.1, 0.15) is 13.8 Å². The van der Waals surface area contributed by atoms with Crippen LogP contribution in [0, 0.1) is 5.82 Å². The maximum Gasteiger partial charge on any atom is 0.149 e. The van der Waals surface area contributed by atoms with E-state index in [0.29, 0.717) is 28.4 Å². The summed E-state index contributed by atoms with van der Waals surface area (Å²) in [6.45, 7) is 5.95. The van der Waals surface area contributed by atoms with Crippen molar-refractivity contribution >= 4 is 22.9 Å². The van der Waals surface area contributed by atoms with Gasteiger partial charge in [0.05, 0.1) is 11.7 Å². The van der Waals surface area contributed by atoms with E-state index in [9.17, 15) is 4.39 Å². The average Bonchev–Trinajstić information content (AvgIpc) is 2.97. The summed E-state index contributed by atoms with van der Waals surface area (Å²) in [6, 6.07) is 7.44. The van der Waals surface area contributed by atoms with Gasteiger partial charge >= 0.3 is 0 Å². The molecule has 1 N–H and O–H groups in total. The molecule has 3 aromatic heterocycles. The minimum atomic E-state index is -0.366. The maximum atomic E-state index is 14.5. The van der Waals surface area contributed by atoms with Crippen molar-refractivity contribution < 1.29 is 4.39 Å². The smallest absolute Gasteiger partial charge is 0.149 e. The molecule has 4 rings (SSSR count). The van der Waals surface area contributed by atoms with Crippen molar-refractivity contribution in [2.45, 2.75) is 25.9 Å². The SMILES string of the molecule is CC1CN(c2ccc(F)c(-c3cnn4ccc(Cl)cc34)n2)C[C@H](C)N1. The van der Waals surface area contributed by atoms with Crippen molar-refractivity contribution in [3.63, 3.8) is 0 Å². The normalized spacial score (nSPS) is 21.0. The fraction of sp³-hybridized carbons (Fsp3) is 0.333. The lowest BCUT2D eigenvalue weighted by Crippen LogP contribution is -2.54. The molecule has 5 nitrogen and oxygen atoms in total. The monoisotopic (exact) mass is 359 g/mol. The van der Waals surface area contributed by atoms with Gasteiger partial charge in [-0.15, -0.1) is 0 Å². The number of anilines is 1. The van der Waals surface area contributed by atoms with Crippen molar-refractivity contribution in [3.8, 4) is 11.3 Å². The number of nitrogens with zero attached hydrogens (tertiary/aromatic N) is 4. The summed E-state index contributed by atoms with van der Waals surface area (Å²) in [5.41, 5.74) is 1.67. The Hall–Kier alpha value is -2.18. The molecule has 1 unspecified atom stereocenters. The minimum absolute atomic E-state index is 0.300. The first-order valence-corrected chi connectivity index (χ1v) is 8.70. The van der Waals surface area contributed by atoms with Crippen molar-refractivity contribution in [2.24, 2.45) is 0 Å². The number of hydrogen-bond acceptors (Lipinski definition) is 4. The zero-order chi connectivity index (χ0) is 17.6. The number of rotatable bonds is 2. The summed E-state index contributed by atoms with van der Waals surface area (Å²) >= 11 is 6.09. The first-order valence-electron chi connectivity index (χ1n) is 8.32. The quantitative estimate of drug-likeness (QED) is 0.762. The molecule has 0 aromatic carbocycles. The number of hydrogen-bond donors (Lipinski definition) is 1. The topological polar surface area (TPSA) is 45.5 Å². The highest BCUT2D eigenvalue weighted by molar-refractivity contribution is 6.31. The number of pyridine rings is 2. The van der Waals surface area contributed by atoms with Crippen LogP contribution in [-0.2, 0) is 0 Å². The molecule has 1 saturated heterocycles. The van der Waals surface area contributed by atoms with Gasteiger partial charge in [0.2, 0.25) is 0 Å². The third-order valence-corrected chi connectivity index (χ3v) is 4.69. The van der Waals surface area contributed by atoms with Crippen LogP contribution in [0.2, 0.25) is 5.02 Å². The molecule has 1 fully saturated rings. The fourth-order valence-electron chi connectivity index (χ4n) is 3.45. The van der Waals surface area contributed by atoms with Gasteiger partial charge in [0.15, 0.2) is 0 Å². The van der Waals surface area contributed by atoms with E-state index in [4.69, 9.17) is 11.6 Å². The van der Waals surface area contributed by atoms with Gasteiger partial charge in [0, 0.05) is 42.0 Å². The Balaban J connectivity index is 1.78. The van der Waals surface area contributed by atoms with Crippen LogP contribution in [0.15, 0.2) is 36.7 Å². The second-order valence-corrected chi connectivity index (χ2v) is 7.04. The maximum absolute atomic E-state index is 14.5. The van der Waals surface area contributed by atoms with Gasteiger partial charge in [-0.2, -0.15) is 5.10 Å². The summed E-state index contributed by atoms with van der Waals surface area (Å²) in [4.78, 5) is 6.80. The first kappa shape index (κ1) is 16.3. The van der Waals surface area contributed by atoms with Gasteiger partial charge in [-0.05, 0) is 38.1 Å². The van der Waals surface area contributed by atoms with E-state index in [-0.39, 0.29) is 5.82 Å². The highest BCUT2D eigenvalue weighted by Gasteiger charge is 2.23. The van der Waals surface area contributed by atoms with Crippen LogP contribution in [0.25, 0.3) is 16.8 Å². The number of halogens is 2. The molecule has 0 aliphatic carbocycles. The predicted molar refractivity (Wildman–Crippen MR) is 97.7 cm³/mol. The average molecular weight is 360 g/mol. The van der Waals surface area contributed by atoms with Crippen molar-refractivity contribution in [3.05, 3.63) is 47.5 Å². The van der Waals surface area contributed by atoms with Gasteiger partial charge in [0.1, 0.15) is 17.3 Å².